The largest absolute Gasteiger partial charge is 0.326 e. The Kier molecular flexibility index (Phi) is 2.82. The Morgan fingerprint density at radius 2 is 2.19 bits per heavy atom. The monoisotopic (exact) mass is 295 g/mol. The summed E-state index contributed by atoms with van der Waals surface area (Å²) in [6.07, 6.45) is 7.60. The van der Waals surface area contributed by atoms with E-state index in [9.17, 15) is 0 Å². The molecule has 3 heterocycles. The van der Waals surface area contributed by atoms with Crippen LogP contribution < -0.4 is 0 Å². The number of aromatic nitrogens is 5. The molecular formula is C15H13N5S. The van der Waals surface area contributed by atoms with Gasteiger partial charge in [0.05, 0.1) is 40.1 Å². The van der Waals surface area contributed by atoms with E-state index in [0.717, 1.165) is 23.3 Å². The molecule has 0 N–H and O–H groups in total. The van der Waals surface area contributed by atoms with E-state index in [1.54, 1.807) is 16.0 Å². The molecule has 4 aromatic rings. The van der Waals surface area contributed by atoms with Gasteiger partial charge in [-0.15, -0.1) is 11.3 Å². The zero-order valence-corrected chi connectivity index (χ0v) is 12.3. The molecule has 5 nitrogen and oxygen atoms in total. The highest BCUT2D eigenvalue weighted by Gasteiger charge is 2.08. The van der Waals surface area contributed by atoms with Crippen molar-refractivity contribution in [1.82, 2.24) is 24.3 Å². The molecule has 0 fully saturated rings. The van der Waals surface area contributed by atoms with Gasteiger partial charge < -0.3 is 4.57 Å². The first-order valence-corrected chi connectivity index (χ1v) is 7.49. The van der Waals surface area contributed by atoms with Gasteiger partial charge in [-0.1, -0.05) is 6.07 Å². The van der Waals surface area contributed by atoms with Crippen LogP contribution in [0.4, 0.5) is 0 Å². The molecule has 4 rings (SSSR count). The van der Waals surface area contributed by atoms with Gasteiger partial charge >= 0.3 is 0 Å². The van der Waals surface area contributed by atoms with E-state index in [4.69, 9.17) is 0 Å². The van der Waals surface area contributed by atoms with Crippen LogP contribution in [0, 0.1) is 0 Å². The second-order valence-corrected chi connectivity index (χ2v) is 5.85. The normalized spacial score (nSPS) is 11.3. The summed E-state index contributed by atoms with van der Waals surface area (Å²) in [4.78, 5) is 8.59. The maximum absolute atomic E-state index is 4.31. The van der Waals surface area contributed by atoms with Gasteiger partial charge in [0.25, 0.3) is 0 Å². The Labute approximate surface area is 125 Å². The van der Waals surface area contributed by atoms with Crippen molar-refractivity contribution in [3.05, 3.63) is 54.2 Å². The van der Waals surface area contributed by atoms with E-state index in [0.29, 0.717) is 0 Å². The molecule has 0 bridgehead atoms. The number of aryl methyl sites for hydroxylation is 1. The smallest absolute Gasteiger partial charge is 0.0954 e. The fourth-order valence-electron chi connectivity index (χ4n) is 2.44. The van der Waals surface area contributed by atoms with Crippen molar-refractivity contribution >= 4 is 21.6 Å². The molecule has 0 aliphatic heterocycles. The minimum Gasteiger partial charge on any atom is -0.326 e. The van der Waals surface area contributed by atoms with Crippen molar-refractivity contribution in [3.63, 3.8) is 0 Å². The Morgan fingerprint density at radius 1 is 1.24 bits per heavy atom. The minimum atomic E-state index is 0.790. The number of benzene rings is 1. The van der Waals surface area contributed by atoms with Crippen molar-refractivity contribution < 1.29 is 0 Å². The van der Waals surface area contributed by atoms with E-state index in [1.165, 1.54) is 10.3 Å². The number of fused-ring (bicyclic) bond motifs is 1. The highest BCUT2D eigenvalue weighted by atomic mass is 32.1. The Balaban J connectivity index is 1.69. The second-order valence-electron chi connectivity index (χ2n) is 4.96. The zero-order chi connectivity index (χ0) is 14.2. The SMILES string of the molecule is Cn1cc(-c2cncn2Cc2ccc3ncsc3c2)cn1. The van der Waals surface area contributed by atoms with Gasteiger partial charge in [0.15, 0.2) is 0 Å². The van der Waals surface area contributed by atoms with Crippen molar-refractivity contribution in [2.45, 2.75) is 6.54 Å². The summed E-state index contributed by atoms with van der Waals surface area (Å²) in [6, 6.07) is 6.39. The number of imidazole rings is 1. The third kappa shape index (κ3) is 2.23. The summed E-state index contributed by atoms with van der Waals surface area (Å²) in [5.74, 6) is 0. The molecule has 0 atom stereocenters. The maximum Gasteiger partial charge on any atom is 0.0954 e. The highest BCUT2D eigenvalue weighted by Crippen LogP contribution is 2.22. The van der Waals surface area contributed by atoms with Gasteiger partial charge in [-0.25, -0.2) is 9.97 Å². The molecule has 0 radical (unpaired) electrons. The Hall–Kier alpha value is -2.47. The lowest BCUT2D eigenvalue weighted by Crippen LogP contribution is -1.99. The van der Waals surface area contributed by atoms with E-state index in [2.05, 4.69) is 37.8 Å². The molecule has 104 valence electrons. The lowest BCUT2D eigenvalue weighted by atomic mass is 10.2. The maximum atomic E-state index is 4.31. The molecule has 0 spiro atoms. The average molecular weight is 295 g/mol. The molecule has 3 aromatic heterocycles. The number of rotatable bonds is 3. The fraction of sp³-hybridized carbons (Fsp3) is 0.133. The molecule has 0 unspecified atom stereocenters. The zero-order valence-electron chi connectivity index (χ0n) is 11.5. The summed E-state index contributed by atoms with van der Waals surface area (Å²) in [6.45, 7) is 0.790. The molecular weight excluding hydrogens is 282 g/mol. The van der Waals surface area contributed by atoms with Crippen LogP contribution in [0.15, 0.2) is 48.6 Å². The van der Waals surface area contributed by atoms with Crippen molar-refractivity contribution in [3.8, 4) is 11.3 Å². The summed E-state index contributed by atoms with van der Waals surface area (Å²) >= 11 is 1.67. The van der Waals surface area contributed by atoms with Crippen LogP contribution in [0.5, 0.6) is 0 Å². The third-order valence-electron chi connectivity index (χ3n) is 3.46. The first kappa shape index (κ1) is 12.3. The van der Waals surface area contributed by atoms with Crippen molar-refractivity contribution in [2.75, 3.05) is 0 Å². The lowest BCUT2D eigenvalue weighted by molar-refractivity contribution is 0.767. The predicted octanol–water partition coefficient (Wildman–Crippen LogP) is 2.94. The predicted molar refractivity (Wildman–Crippen MR) is 83.2 cm³/mol. The Bertz CT molecular complexity index is 901. The van der Waals surface area contributed by atoms with Gasteiger partial charge in [0.1, 0.15) is 0 Å². The Morgan fingerprint density at radius 3 is 3.05 bits per heavy atom. The van der Waals surface area contributed by atoms with E-state index in [1.807, 2.05) is 37.5 Å². The summed E-state index contributed by atoms with van der Waals surface area (Å²) in [5.41, 5.74) is 6.34. The first-order valence-electron chi connectivity index (χ1n) is 6.61. The average Bonchev–Trinajstić information content (AvgIpc) is 3.18. The highest BCUT2D eigenvalue weighted by molar-refractivity contribution is 7.16. The summed E-state index contributed by atoms with van der Waals surface area (Å²) < 4.78 is 5.16. The van der Waals surface area contributed by atoms with Gasteiger partial charge in [-0.3, -0.25) is 4.68 Å². The molecule has 1 aromatic carbocycles. The van der Waals surface area contributed by atoms with Crippen LogP contribution in [0.3, 0.4) is 0 Å². The number of thiazole rings is 1. The molecule has 6 heteroatoms. The van der Waals surface area contributed by atoms with E-state index in [-0.39, 0.29) is 0 Å². The van der Waals surface area contributed by atoms with Gasteiger partial charge in [0.2, 0.25) is 0 Å². The third-order valence-corrected chi connectivity index (χ3v) is 4.25. The molecule has 0 amide bonds. The molecule has 0 aliphatic carbocycles. The topological polar surface area (TPSA) is 48.5 Å². The number of nitrogens with zero attached hydrogens (tertiary/aromatic N) is 5. The van der Waals surface area contributed by atoms with Crippen LogP contribution in [0.2, 0.25) is 0 Å². The van der Waals surface area contributed by atoms with Crippen molar-refractivity contribution in [2.24, 2.45) is 7.05 Å². The standard InChI is InChI=1S/C15H13N5S/c1-19-8-12(5-18-19)14-6-16-9-20(14)7-11-2-3-13-15(4-11)21-10-17-13/h2-6,8-10H,7H2,1H3. The fourth-order valence-corrected chi connectivity index (χ4v) is 3.18. The van der Waals surface area contributed by atoms with E-state index >= 15 is 0 Å². The number of hydrogen-bond donors (Lipinski definition) is 0. The van der Waals surface area contributed by atoms with Crippen LogP contribution >= 0.6 is 11.3 Å². The van der Waals surface area contributed by atoms with Gasteiger partial charge in [-0.2, -0.15) is 5.10 Å². The molecule has 0 aliphatic rings. The quantitative estimate of drug-likeness (QED) is 0.584. The van der Waals surface area contributed by atoms with Crippen LogP contribution in [-0.4, -0.2) is 24.3 Å². The van der Waals surface area contributed by atoms with Crippen molar-refractivity contribution in [1.29, 1.82) is 0 Å². The molecule has 21 heavy (non-hydrogen) atoms. The summed E-state index contributed by atoms with van der Waals surface area (Å²) in [5, 5.41) is 4.22. The van der Waals surface area contributed by atoms with Crippen LogP contribution in [0.1, 0.15) is 5.56 Å². The molecule has 0 saturated heterocycles. The van der Waals surface area contributed by atoms with E-state index < -0.39 is 0 Å². The van der Waals surface area contributed by atoms with Gasteiger partial charge in [-0.05, 0) is 17.7 Å². The minimum absolute atomic E-state index is 0.790. The molecule has 0 saturated carbocycles. The van der Waals surface area contributed by atoms with Crippen LogP contribution in [-0.2, 0) is 13.6 Å². The lowest BCUT2D eigenvalue weighted by Gasteiger charge is -2.07. The summed E-state index contributed by atoms with van der Waals surface area (Å²) in [7, 11) is 1.92. The second kappa shape index (κ2) is 4.82. The van der Waals surface area contributed by atoms with Crippen LogP contribution in [0.25, 0.3) is 21.5 Å². The number of hydrogen-bond acceptors (Lipinski definition) is 4. The van der Waals surface area contributed by atoms with Gasteiger partial charge in [0, 0.05) is 25.4 Å². The first-order chi connectivity index (χ1) is 10.3.